The van der Waals surface area contributed by atoms with Crippen molar-refractivity contribution in [1.82, 2.24) is 4.90 Å². The van der Waals surface area contributed by atoms with E-state index >= 15 is 0 Å². The van der Waals surface area contributed by atoms with E-state index in [1.54, 1.807) is 0 Å². The first kappa shape index (κ1) is 13.6. The third-order valence-corrected chi connectivity index (χ3v) is 4.35. The first-order chi connectivity index (χ1) is 7.45. The summed E-state index contributed by atoms with van der Waals surface area (Å²) in [6.07, 6.45) is 0. The summed E-state index contributed by atoms with van der Waals surface area (Å²) in [5, 5.41) is 0. The Kier molecular flexibility index (Phi) is 4.84. The number of amides is 2. The molecule has 3 nitrogen and oxygen atoms in total. The van der Waals surface area contributed by atoms with Gasteiger partial charge in [-0.05, 0) is 11.7 Å². The van der Waals surface area contributed by atoms with Gasteiger partial charge in [0.2, 0.25) is 11.8 Å². The maximum absolute atomic E-state index is 11.8. The van der Waals surface area contributed by atoms with Crippen molar-refractivity contribution in [3.8, 4) is 0 Å². The highest BCUT2D eigenvalue weighted by molar-refractivity contribution is 7.99. The third-order valence-electron chi connectivity index (χ3n) is 2.97. The Bertz CT molecular complexity index is 258. The van der Waals surface area contributed by atoms with E-state index < -0.39 is 0 Å². The number of nitrogens with zero attached hydrogens (tertiary/aromatic N) is 1. The zero-order valence-corrected chi connectivity index (χ0v) is 11.3. The number of rotatable bonds is 5. The Morgan fingerprint density at radius 1 is 1.19 bits per heavy atom. The molecule has 1 heterocycles. The van der Waals surface area contributed by atoms with E-state index in [2.05, 4.69) is 13.8 Å². The van der Waals surface area contributed by atoms with Gasteiger partial charge >= 0.3 is 0 Å². The van der Waals surface area contributed by atoms with Crippen LogP contribution >= 0.6 is 11.8 Å². The smallest absolute Gasteiger partial charge is 0.232 e. The third kappa shape index (κ3) is 3.00. The van der Waals surface area contributed by atoms with Gasteiger partial charge in [-0.25, -0.2) is 0 Å². The van der Waals surface area contributed by atoms with E-state index in [1.165, 1.54) is 4.90 Å². The molecular weight excluding hydrogens is 222 g/mol. The first-order valence-electron chi connectivity index (χ1n) is 5.88. The minimum Gasteiger partial charge on any atom is -0.281 e. The number of imide groups is 1. The van der Waals surface area contributed by atoms with Gasteiger partial charge in [0.05, 0.1) is 0 Å². The molecule has 1 saturated heterocycles. The van der Waals surface area contributed by atoms with Crippen LogP contribution in [0.25, 0.3) is 0 Å². The van der Waals surface area contributed by atoms with Crippen molar-refractivity contribution in [3.63, 3.8) is 0 Å². The molecule has 2 atom stereocenters. The fraction of sp³-hybridized carbons (Fsp3) is 0.833. The molecule has 0 radical (unpaired) electrons. The number of likely N-dealkylation sites (tertiary alicyclic amines) is 1. The van der Waals surface area contributed by atoms with E-state index in [4.69, 9.17) is 0 Å². The average molecular weight is 243 g/mol. The van der Waals surface area contributed by atoms with Crippen LogP contribution < -0.4 is 0 Å². The van der Waals surface area contributed by atoms with Gasteiger partial charge in [0.25, 0.3) is 0 Å². The Hall–Kier alpha value is -0.510. The molecule has 1 rings (SSSR count). The van der Waals surface area contributed by atoms with Crippen molar-refractivity contribution in [2.45, 2.75) is 27.7 Å². The zero-order chi connectivity index (χ0) is 12.3. The van der Waals surface area contributed by atoms with Gasteiger partial charge in [-0.15, -0.1) is 0 Å². The van der Waals surface area contributed by atoms with E-state index in [0.29, 0.717) is 12.5 Å². The summed E-state index contributed by atoms with van der Waals surface area (Å²) in [4.78, 5) is 24.9. The number of carbonyl (C=O) groups excluding carboxylic acids is 2. The minimum absolute atomic E-state index is 0.00245. The van der Waals surface area contributed by atoms with E-state index in [9.17, 15) is 9.59 Å². The van der Waals surface area contributed by atoms with Crippen LogP contribution in [0.15, 0.2) is 0 Å². The molecule has 0 spiro atoms. The van der Waals surface area contributed by atoms with Crippen LogP contribution in [-0.2, 0) is 9.59 Å². The molecule has 0 aromatic carbocycles. The first-order valence-corrected chi connectivity index (χ1v) is 7.03. The van der Waals surface area contributed by atoms with Crippen molar-refractivity contribution in [3.05, 3.63) is 0 Å². The van der Waals surface area contributed by atoms with Gasteiger partial charge in [-0.2, -0.15) is 11.8 Å². The second-order valence-electron chi connectivity index (χ2n) is 4.87. The topological polar surface area (TPSA) is 37.4 Å². The summed E-state index contributed by atoms with van der Waals surface area (Å²) in [5.41, 5.74) is 0. The van der Waals surface area contributed by atoms with Crippen LogP contribution in [0.4, 0.5) is 0 Å². The summed E-state index contributed by atoms with van der Waals surface area (Å²) in [7, 11) is 0. The molecule has 0 bridgehead atoms. The number of hydrogen-bond donors (Lipinski definition) is 0. The normalized spacial score (nSPS) is 25.9. The molecule has 2 amide bonds. The lowest BCUT2D eigenvalue weighted by Gasteiger charge is -2.14. The fourth-order valence-corrected chi connectivity index (χ4v) is 2.67. The van der Waals surface area contributed by atoms with E-state index in [-0.39, 0.29) is 23.7 Å². The highest BCUT2D eigenvalue weighted by Crippen LogP contribution is 2.25. The Balaban J connectivity index is 2.37. The average Bonchev–Trinajstić information content (AvgIpc) is 2.40. The number of carbonyl (C=O) groups is 2. The molecule has 1 fully saturated rings. The molecule has 0 N–H and O–H groups in total. The lowest BCUT2D eigenvalue weighted by Crippen LogP contribution is -2.33. The van der Waals surface area contributed by atoms with Crippen LogP contribution in [0.3, 0.4) is 0 Å². The largest absolute Gasteiger partial charge is 0.281 e. The summed E-state index contributed by atoms with van der Waals surface area (Å²) in [6.45, 7) is 8.59. The van der Waals surface area contributed by atoms with Gasteiger partial charge in [0.1, 0.15) is 0 Å². The quantitative estimate of drug-likeness (QED) is 0.547. The summed E-state index contributed by atoms with van der Waals surface area (Å²) in [6, 6.07) is 0. The number of hydrogen-bond acceptors (Lipinski definition) is 3. The standard InChI is InChI=1S/C12H21NO2S/c1-8(2)7-16-6-5-13-11(14)9(3)10(4)12(13)15/h8-10H,5-7H2,1-4H3/t9-,10-/m0/s1. The van der Waals surface area contributed by atoms with Crippen molar-refractivity contribution < 1.29 is 9.59 Å². The molecular formula is C12H21NO2S. The van der Waals surface area contributed by atoms with Crippen LogP contribution in [0.1, 0.15) is 27.7 Å². The zero-order valence-electron chi connectivity index (χ0n) is 10.5. The molecule has 0 aliphatic carbocycles. The van der Waals surface area contributed by atoms with E-state index in [0.717, 1.165) is 11.5 Å². The highest BCUT2D eigenvalue weighted by atomic mass is 32.2. The Morgan fingerprint density at radius 2 is 1.69 bits per heavy atom. The molecule has 0 aromatic heterocycles. The second kappa shape index (κ2) is 5.71. The Morgan fingerprint density at radius 3 is 2.12 bits per heavy atom. The van der Waals surface area contributed by atoms with E-state index in [1.807, 2.05) is 25.6 Å². The molecule has 0 saturated carbocycles. The summed E-state index contributed by atoms with van der Waals surface area (Å²) < 4.78 is 0. The van der Waals surface area contributed by atoms with Crippen LogP contribution in [0.2, 0.25) is 0 Å². The lowest BCUT2D eigenvalue weighted by atomic mass is 10.00. The van der Waals surface area contributed by atoms with Gasteiger partial charge in [-0.3, -0.25) is 14.5 Å². The highest BCUT2D eigenvalue weighted by Gasteiger charge is 2.41. The maximum atomic E-state index is 11.8. The van der Waals surface area contributed by atoms with Crippen LogP contribution in [0.5, 0.6) is 0 Å². The van der Waals surface area contributed by atoms with Crippen molar-refractivity contribution in [2.75, 3.05) is 18.1 Å². The molecule has 0 aromatic rings. The lowest BCUT2D eigenvalue weighted by molar-refractivity contribution is -0.139. The predicted molar refractivity (Wildman–Crippen MR) is 67.2 cm³/mol. The molecule has 1 aliphatic heterocycles. The second-order valence-corrected chi connectivity index (χ2v) is 6.02. The van der Waals surface area contributed by atoms with Crippen LogP contribution in [-0.4, -0.2) is 34.8 Å². The van der Waals surface area contributed by atoms with Gasteiger partial charge in [0.15, 0.2) is 0 Å². The van der Waals surface area contributed by atoms with Gasteiger partial charge < -0.3 is 0 Å². The molecule has 0 unspecified atom stereocenters. The van der Waals surface area contributed by atoms with Crippen LogP contribution in [0, 0.1) is 17.8 Å². The Labute approximate surface area is 102 Å². The summed E-state index contributed by atoms with van der Waals surface area (Å²) in [5.74, 6) is 2.33. The summed E-state index contributed by atoms with van der Waals surface area (Å²) >= 11 is 1.81. The molecule has 4 heteroatoms. The van der Waals surface area contributed by atoms with Gasteiger partial charge in [-0.1, -0.05) is 27.7 Å². The minimum atomic E-state index is -0.136. The maximum Gasteiger partial charge on any atom is 0.232 e. The van der Waals surface area contributed by atoms with Gasteiger partial charge in [0, 0.05) is 24.1 Å². The molecule has 1 aliphatic rings. The molecule has 16 heavy (non-hydrogen) atoms. The predicted octanol–water partition coefficient (Wildman–Crippen LogP) is 2.02. The van der Waals surface area contributed by atoms with Crippen molar-refractivity contribution >= 4 is 23.6 Å². The molecule has 92 valence electrons. The van der Waals surface area contributed by atoms with Crippen molar-refractivity contribution in [2.24, 2.45) is 17.8 Å². The monoisotopic (exact) mass is 243 g/mol. The SMILES string of the molecule is CC(C)CSCCN1C(=O)[C@@H](C)[C@H](C)C1=O. The van der Waals surface area contributed by atoms with Crippen molar-refractivity contribution in [1.29, 1.82) is 0 Å². The fourth-order valence-electron chi connectivity index (χ4n) is 1.72. The number of thioether (sulfide) groups is 1.